The van der Waals surface area contributed by atoms with Gasteiger partial charge in [0.15, 0.2) is 0 Å². The van der Waals surface area contributed by atoms with Crippen LogP contribution in [0.25, 0.3) is 0 Å². The van der Waals surface area contributed by atoms with Crippen LogP contribution in [-0.4, -0.2) is 9.91 Å². The van der Waals surface area contributed by atoms with E-state index in [1.165, 1.54) is 3.57 Å². The predicted octanol–water partition coefficient (Wildman–Crippen LogP) is -1.38. The number of rotatable bonds is 1. The minimum atomic E-state index is 0.116. The van der Waals surface area contributed by atoms with Crippen molar-refractivity contribution in [2.75, 3.05) is 4.93 Å². The molecule has 0 spiro atoms. The van der Waals surface area contributed by atoms with Gasteiger partial charge < -0.3 is 0 Å². The molecule has 0 saturated carbocycles. The minimum absolute atomic E-state index is 0.116. The van der Waals surface area contributed by atoms with Gasteiger partial charge in [0.05, 0.1) is 0 Å². The van der Waals surface area contributed by atoms with E-state index >= 15 is 0 Å². The van der Waals surface area contributed by atoms with E-state index in [2.05, 4.69) is 9.91 Å². The summed E-state index contributed by atoms with van der Waals surface area (Å²) in [5.41, 5.74) is 0. The van der Waals surface area contributed by atoms with E-state index in [4.69, 9.17) is 11.6 Å². The van der Waals surface area contributed by atoms with Crippen LogP contribution in [0.5, 0.6) is 0 Å². The summed E-state index contributed by atoms with van der Waals surface area (Å²) >= 11 is 5.91. The molecule has 1 rings (SSSR count). The zero-order chi connectivity index (χ0) is 6.69. The van der Waals surface area contributed by atoms with Crippen molar-refractivity contribution in [1.29, 1.82) is 0 Å². The van der Waals surface area contributed by atoms with Gasteiger partial charge in [-0.05, 0) is 0 Å². The van der Waals surface area contributed by atoms with Crippen molar-refractivity contribution in [2.45, 2.75) is 0 Å². The van der Waals surface area contributed by atoms with Crippen LogP contribution in [0, 0.1) is 3.57 Å². The summed E-state index contributed by atoms with van der Waals surface area (Å²) < 4.78 is 1.27. The molecule has 1 aromatic heterocycles. The Hall–Kier alpha value is 0.170. The second-order valence-electron chi connectivity index (χ2n) is 1.48. The van der Waals surface area contributed by atoms with Crippen LogP contribution in [0.4, 0.5) is 0 Å². The van der Waals surface area contributed by atoms with Crippen LogP contribution < -0.4 is 21.2 Å². The Morgan fingerprint density at radius 1 is 1.67 bits per heavy atom. The van der Waals surface area contributed by atoms with Gasteiger partial charge in [0.1, 0.15) is 0 Å². The standard InChI is InChI=1S/C6H6ClIN/c1-8-6-2-3-9-4-5(6)7/h2-4H,1H3/q-1. The molecule has 0 aliphatic rings. The molecule has 3 heteroatoms. The van der Waals surface area contributed by atoms with Gasteiger partial charge in [-0.1, -0.05) is 0 Å². The Kier molecular flexibility index (Phi) is 2.72. The van der Waals surface area contributed by atoms with Crippen molar-refractivity contribution in [3.05, 3.63) is 27.1 Å². The summed E-state index contributed by atoms with van der Waals surface area (Å²) in [7, 11) is 0. The summed E-state index contributed by atoms with van der Waals surface area (Å²) in [5, 5.41) is 0.813. The van der Waals surface area contributed by atoms with E-state index < -0.39 is 0 Å². The molecule has 0 saturated heterocycles. The molecule has 9 heavy (non-hydrogen) atoms. The molecule has 0 atom stereocenters. The topological polar surface area (TPSA) is 12.9 Å². The monoisotopic (exact) mass is 254 g/mol. The molecule has 1 aromatic rings. The van der Waals surface area contributed by atoms with Crippen LogP contribution in [0.2, 0.25) is 5.02 Å². The molecule has 50 valence electrons. The molecule has 0 unspecified atom stereocenters. The first kappa shape index (κ1) is 7.28. The zero-order valence-corrected chi connectivity index (χ0v) is 7.85. The molecule has 0 fully saturated rings. The van der Waals surface area contributed by atoms with Crippen LogP contribution in [0.3, 0.4) is 0 Å². The van der Waals surface area contributed by atoms with Crippen LogP contribution in [0.15, 0.2) is 18.5 Å². The van der Waals surface area contributed by atoms with Gasteiger partial charge in [0.2, 0.25) is 0 Å². The molecular weight excluding hydrogens is 248 g/mol. The van der Waals surface area contributed by atoms with Gasteiger partial charge in [-0.2, -0.15) is 0 Å². The zero-order valence-electron chi connectivity index (χ0n) is 4.94. The second kappa shape index (κ2) is 3.37. The average Bonchev–Trinajstić information content (AvgIpc) is 1.89. The second-order valence-corrected chi connectivity index (χ2v) is 4.13. The Bertz CT molecular complexity index is 202. The van der Waals surface area contributed by atoms with E-state index in [1.54, 1.807) is 12.4 Å². The number of aromatic nitrogens is 1. The Labute approximate surface area is 69.7 Å². The van der Waals surface area contributed by atoms with Crippen molar-refractivity contribution >= 4 is 11.6 Å². The third-order valence-electron chi connectivity index (χ3n) is 0.927. The number of nitrogens with zero attached hydrogens (tertiary/aromatic N) is 1. The average molecular weight is 254 g/mol. The predicted molar refractivity (Wildman–Crippen MR) is 33.9 cm³/mol. The summed E-state index contributed by atoms with van der Waals surface area (Å²) in [6, 6.07) is 1.98. The first-order valence-electron chi connectivity index (χ1n) is 2.43. The molecule has 0 amide bonds. The van der Waals surface area contributed by atoms with Crippen molar-refractivity contribution in [3.63, 3.8) is 0 Å². The number of halogens is 2. The van der Waals surface area contributed by atoms with Gasteiger partial charge >= 0.3 is 69.8 Å². The number of hydrogen-bond donors (Lipinski definition) is 0. The van der Waals surface area contributed by atoms with Crippen molar-refractivity contribution < 1.29 is 21.2 Å². The first-order valence-corrected chi connectivity index (χ1v) is 6.05. The molecule has 0 aromatic carbocycles. The summed E-state index contributed by atoms with van der Waals surface area (Å²) in [6.45, 7) is 0. The Balaban J connectivity index is 3.01. The van der Waals surface area contributed by atoms with E-state index in [0.717, 1.165) is 5.02 Å². The molecule has 0 aliphatic heterocycles. The Morgan fingerprint density at radius 3 is 2.89 bits per heavy atom. The first-order chi connectivity index (χ1) is 4.34. The quantitative estimate of drug-likeness (QED) is 0.445. The maximum absolute atomic E-state index is 5.79. The van der Waals surface area contributed by atoms with Crippen LogP contribution >= 0.6 is 11.6 Å². The molecule has 0 N–H and O–H groups in total. The summed E-state index contributed by atoms with van der Waals surface area (Å²) in [5.74, 6) is 0. The third-order valence-corrected chi connectivity index (χ3v) is 3.65. The van der Waals surface area contributed by atoms with Gasteiger partial charge in [-0.3, -0.25) is 0 Å². The van der Waals surface area contributed by atoms with E-state index in [-0.39, 0.29) is 21.2 Å². The number of alkyl halides is 1. The fourth-order valence-electron chi connectivity index (χ4n) is 0.511. The molecule has 1 heterocycles. The normalized spacial score (nSPS) is 10.0. The van der Waals surface area contributed by atoms with Crippen molar-refractivity contribution in [2.24, 2.45) is 0 Å². The summed E-state index contributed by atoms with van der Waals surface area (Å²) in [6.07, 6.45) is 3.48. The molecule has 1 nitrogen and oxygen atoms in total. The van der Waals surface area contributed by atoms with Crippen LogP contribution in [-0.2, 0) is 0 Å². The molecule has 0 aliphatic carbocycles. The molecule has 0 bridgehead atoms. The fraction of sp³-hybridized carbons (Fsp3) is 0.167. The number of pyridine rings is 1. The number of hydrogen-bond acceptors (Lipinski definition) is 1. The van der Waals surface area contributed by atoms with Gasteiger partial charge in [-0.15, -0.1) is 0 Å². The van der Waals surface area contributed by atoms with E-state index in [9.17, 15) is 0 Å². The Morgan fingerprint density at radius 2 is 2.44 bits per heavy atom. The molecular formula is C6H6ClIN-. The van der Waals surface area contributed by atoms with Crippen molar-refractivity contribution in [3.8, 4) is 0 Å². The third kappa shape index (κ3) is 1.79. The fourth-order valence-corrected chi connectivity index (χ4v) is 2.28. The SMILES string of the molecule is C[I-]c1ccncc1Cl. The molecule has 0 radical (unpaired) electrons. The summed E-state index contributed by atoms with van der Waals surface area (Å²) in [4.78, 5) is 6.06. The van der Waals surface area contributed by atoms with Crippen LogP contribution in [0.1, 0.15) is 0 Å². The van der Waals surface area contributed by atoms with Gasteiger partial charge in [-0.25, -0.2) is 0 Å². The van der Waals surface area contributed by atoms with E-state index in [0.29, 0.717) is 0 Å². The van der Waals surface area contributed by atoms with Gasteiger partial charge in [0.25, 0.3) is 0 Å². The van der Waals surface area contributed by atoms with Gasteiger partial charge in [0, 0.05) is 0 Å². The maximum atomic E-state index is 5.79. The van der Waals surface area contributed by atoms with Crippen molar-refractivity contribution in [1.82, 2.24) is 4.98 Å². The van der Waals surface area contributed by atoms with E-state index in [1.807, 2.05) is 6.07 Å².